The topological polar surface area (TPSA) is 41.6 Å². The number of nitrogens with one attached hydrogen (secondary N) is 1. The normalized spacial score (nSPS) is 16.9. The fourth-order valence-electron chi connectivity index (χ4n) is 4.21. The van der Waals surface area contributed by atoms with Crippen LogP contribution in [0.5, 0.6) is 5.75 Å². The van der Waals surface area contributed by atoms with Gasteiger partial charge in [-0.05, 0) is 37.6 Å². The highest BCUT2D eigenvalue weighted by Crippen LogP contribution is 2.44. The predicted molar refractivity (Wildman–Crippen MR) is 117 cm³/mol. The Hall–Kier alpha value is -1.60. The minimum absolute atomic E-state index is 0.0692. The fourth-order valence-corrected chi connectivity index (χ4v) is 4.89. The Morgan fingerprint density at radius 3 is 2.41 bits per heavy atom. The van der Waals surface area contributed by atoms with E-state index in [0.717, 1.165) is 23.0 Å². The van der Waals surface area contributed by atoms with Crippen LogP contribution in [0.1, 0.15) is 47.6 Å². The summed E-state index contributed by atoms with van der Waals surface area (Å²) in [5.41, 5.74) is 1.66. The maximum atomic E-state index is 13.2. The monoisotopic (exact) mass is 478 g/mol. The highest BCUT2D eigenvalue weighted by molar-refractivity contribution is 14.1. The molecular formula is C22H27IN2O2. The number of benzene rings is 2. The largest absolute Gasteiger partial charge is 0.496 e. The number of ether oxygens (including phenoxy) is 1. The summed E-state index contributed by atoms with van der Waals surface area (Å²) in [4.78, 5) is 15.6. The van der Waals surface area contributed by atoms with Crippen molar-refractivity contribution < 1.29 is 9.53 Å². The van der Waals surface area contributed by atoms with Crippen LogP contribution in [0.25, 0.3) is 0 Å². The van der Waals surface area contributed by atoms with Gasteiger partial charge < -0.3 is 10.1 Å². The summed E-state index contributed by atoms with van der Waals surface area (Å²) in [7, 11) is 3.77. The quantitative estimate of drug-likeness (QED) is 0.353. The van der Waals surface area contributed by atoms with E-state index in [2.05, 4.69) is 52.0 Å². The highest BCUT2D eigenvalue weighted by atomic mass is 127. The molecule has 2 aromatic rings. The molecule has 3 rings (SSSR count). The maximum absolute atomic E-state index is 13.2. The number of alkyl halides is 1. The van der Waals surface area contributed by atoms with Crippen molar-refractivity contribution in [2.24, 2.45) is 0 Å². The Balaban J connectivity index is 1.99. The van der Waals surface area contributed by atoms with Crippen molar-refractivity contribution in [3.05, 3.63) is 65.7 Å². The summed E-state index contributed by atoms with van der Waals surface area (Å²) in [6, 6.07) is 17.7. The third kappa shape index (κ3) is 4.14. The lowest BCUT2D eigenvalue weighted by Gasteiger charge is -2.44. The molecule has 1 atom stereocenters. The van der Waals surface area contributed by atoms with E-state index in [-0.39, 0.29) is 17.5 Å². The van der Waals surface area contributed by atoms with Gasteiger partial charge in [-0.2, -0.15) is 0 Å². The molecule has 1 N–H and O–H groups in total. The van der Waals surface area contributed by atoms with E-state index in [1.807, 2.05) is 42.5 Å². The number of nitrogens with zero attached hydrogens (tertiary/aromatic N) is 1. The van der Waals surface area contributed by atoms with E-state index in [4.69, 9.17) is 4.74 Å². The first-order valence-corrected chi connectivity index (χ1v) is 10.9. The Kier molecular flexibility index (Phi) is 6.76. The number of amides is 1. The van der Waals surface area contributed by atoms with Crippen LogP contribution in [-0.2, 0) is 0 Å². The number of hydrogen-bond acceptors (Lipinski definition) is 3. The Bertz CT molecular complexity index is 760. The molecule has 0 aliphatic heterocycles. The second-order valence-corrected chi connectivity index (χ2v) is 7.83. The highest BCUT2D eigenvalue weighted by Gasteiger charge is 2.45. The molecule has 4 nitrogen and oxygen atoms in total. The molecule has 0 spiro atoms. The SMILES string of the molecule is COc1ccccc1C(=O)NC(c1ccccc1)C1(N(C)CI)CCCC1. The van der Waals surface area contributed by atoms with Gasteiger partial charge >= 0.3 is 0 Å². The Morgan fingerprint density at radius 2 is 1.78 bits per heavy atom. The van der Waals surface area contributed by atoms with Gasteiger partial charge in [0.05, 0.1) is 23.3 Å². The summed E-state index contributed by atoms with van der Waals surface area (Å²) >= 11 is 2.42. The van der Waals surface area contributed by atoms with Gasteiger partial charge in [0.15, 0.2) is 0 Å². The lowest BCUT2D eigenvalue weighted by atomic mass is 9.82. The molecule has 1 amide bonds. The number of carbonyl (C=O) groups excluding carboxylic acids is 1. The molecule has 1 fully saturated rings. The Morgan fingerprint density at radius 1 is 1.15 bits per heavy atom. The first-order chi connectivity index (χ1) is 13.1. The standard InChI is InChI=1S/C22H27IN2O2/c1-25(16-23)22(14-8-9-15-22)20(17-10-4-3-5-11-17)24-21(26)18-12-6-7-13-19(18)27-2/h3-7,10-13,20H,8-9,14-16H2,1-2H3,(H,24,26). The molecule has 2 aromatic carbocycles. The number of rotatable bonds is 7. The smallest absolute Gasteiger partial charge is 0.255 e. The van der Waals surface area contributed by atoms with Crippen molar-refractivity contribution in [1.82, 2.24) is 10.2 Å². The van der Waals surface area contributed by atoms with Crippen molar-refractivity contribution in [3.8, 4) is 5.75 Å². The van der Waals surface area contributed by atoms with Crippen LogP contribution in [0.2, 0.25) is 0 Å². The van der Waals surface area contributed by atoms with E-state index in [1.165, 1.54) is 12.8 Å². The van der Waals surface area contributed by atoms with Gasteiger partial charge in [0.2, 0.25) is 0 Å². The van der Waals surface area contributed by atoms with Crippen molar-refractivity contribution in [2.45, 2.75) is 37.3 Å². The lowest BCUT2D eigenvalue weighted by Crippen LogP contribution is -2.54. The predicted octanol–water partition coefficient (Wildman–Crippen LogP) is 4.80. The van der Waals surface area contributed by atoms with Gasteiger partial charge in [-0.3, -0.25) is 9.69 Å². The average molecular weight is 478 g/mol. The number of halogens is 1. The molecule has 144 valence electrons. The van der Waals surface area contributed by atoms with Crippen LogP contribution in [-0.4, -0.2) is 35.1 Å². The van der Waals surface area contributed by atoms with Crippen LogP contribution in [0, 0.1) is 0 Å². The van der Waals surface area contributed by atoms with Crippen molar-refractivity contribution in [1.29, 1.82) is 0 Å². The third-order valence-electron chi connectivity index (χ3n) is 5.71. The number of hydrogen-bond donors (Lipinski definition) is 1. The third-order valence-corrected chi connectivity index (χ3v) is 6.73. The number of methoxy groups -OCH3 is 1. The lowest BCUT2D eigenvalue weighted by molar-refractivity contribution is 0.0754. The second kappa shape index (κ2) is 9.06. The van der Waals surface area contributed by atoms with E-state index < -0.39 is 0 Å². The fraction of sp³-hybridized carbons (Fsp3) is 0.409. The number of likely N-dealkylation sites (N-methyl/N-ethyl adjacent to an activating group) is 1. The van der Waals surface area contributed by atoms with E-state index in [1.54, 1.807) is 7.11 Å². The molecule has 0 heterocycles. The summed E-state index contributed by atoms with van der Waals surface area (Å²) in [6.45, 7) is 0. The summed E-state index contributed by atoms with van der Waals surface area (Å²) in [5.74, 6) is 0.513. The summed E-state index contributed by atoms with van der Waals surface area (Å²) in [5, 5.41) is 3.36. The molecule has 27 heavy (non-hydrogen) atoms. The molecule has 5 heteroatoms. The second-order valence-electron chi connectivity index (χ2n) is 7.15. The molecule has 1 aliphatic carbocycles. The molecule has 1 aliphatic rings. The molecule has 0 saturated heterocycles. The van der Waals surface area contributed by atoms with E-state index >= 15 is 0 Å². The molecule has 1 saturated carbocycles. The molecule has 0 radical (unpaired) electrons. The molecule has 0 bridgehead atoms. The minimum atomic E-state index is -0.0885. The first-order valence-electron chi connectivity index (χ1n) is 9.38. The zero-order valence-corrected chi connectivity index (χ0v) is 18.1. The van der Waals surface area contributed by atoms with Crippen molar-refractivity contribution in [3.63, 3.8) is 0 Å². The van der Waals surface area contributed by atoms with E-state index in [9.17, 15) is 4.79 Å². The molecular weight excluding hydrogens is 451 g/mol. The average Bonchev–Trinajstić information content (AvgIpc) is 3.22. The zero-order chi connectivity index (χ0) is 19.3. The van der Waals surface area contributed by atoms with Crippen molar-refractivity contribution in [2.75, 3.05) is 18.7 Å². The summed E-state index contributed by atoms with van der Waals surface area (Å²) in [6.07, 6.45) is 4.54. The minimum Gasteiger partial charge on any atom is -0.496 e. The van der Waals surface area contributed by atoms with Gasteiger partial charge in [-0.15, -0.1) is 0 Å². The molecule has 0 aromatic heterocycles. The van der Waals surface area contributed by atoms with Crippen LogP contribution >= 0.6 is 22.6 Å². The zero-order valence-electron chi connectivity index (χ0n) is 16.0. The van der Waals surface area contributed by atoms with Gasteiger partial charge in [0.1, 0.15) is 5.75 Å². The number of para-hydroxylation sites is 1. The molecule has 1 unspecified atom stereocenters. The van der Waals surface area contributed by atoms with Crippen LogP contribution < -0.4 is 10.1 Å². The maximum Gasteiger partial charge on any atom is 0.255 e. The number of carbonyl (C=O) groups is 1. The summed E-state index contributed by atoms with van der Waals surface area (Å²) < 4.78 is 6.32. The first kappa shape index (κ1) is 20.1. The van der Waals surface area contributed by atoms with Gasteiger partial charge in [-0.1, -0.05) is 77.9 Å². The van der Waals surface area contributed by atoms with Gasteiger partial charge in [-0.25, -0.2) is 0 Å². The van der Waals surface area contributed by atoms with Gasteiger partial charge in [0.25, 0.3) is 5.91 Å². The van der Waals surface area contributed by atoms with Gasteiger partial charge in [0, 0.05) is 5.54 Å². The van der Waals surface area contributed by atoms with Crippen LogP contribution in [0.3, 0.4) is 0 Å². The Labute approximate surface area is 175 Å². The van der Waals surface area contributed by atoms with Crippen molar-refractivity contribution >= 4 is 28.5 Å². The van der Waals surface area contributed by atoms with Crippen LogP contribution in [0.15, 0.2) is 54.6 Å². The van der Waals surface area contributed by atoms with Crippen LogP contribution in [0.4, 0.5) is 0 Å². The van der Waals surface area contributed by atoms with E-state index in [0.29, 0.717) is 11.3 Å².